The Morgan fingerprint density at radius 1 is 0.806 bits per heavy atom. The van der Waals surface area contributed by atoms with E-state index >= 15 is 0 Å². The van der Waals surface area contributed by atoms with Gasteiger partial charge in [0, 0.05) is 12.2 Å². The van der Waals surface area contributed by atoms with Gasteiger partial charge in [0.2, 0.25) is 0 Å². The minimum Gasteiger partial charge on any atom is -0.406 e. The summed E-state index contributed by atoms with van der Waals surface area (Å²) in [4.78, 5) is 13.4. The van der Waals surface area contributed by atoms with Crippen LogP contribution < -0.4 is 15.1 Å². The van der Waals surface area contributed by atoms with Crippen LogP contribution in [0.5, 0.6) is 5.75 Å². The molecule has 192 valence electrons. The Bertz CT molecular complexity index is 1150. The number of carbonyl (C=O) groups is 1. The summed E-state index contributed by atoms with van der Waals surface area (Å²) >= 11 is 0. The van der Waals surface area contributed by atoms with E-state index in [4.69, 9.17) is 4.43 Å². The Morgan fingerprint density at radius 2 is 1.31 bits per heavy atom. The molecule has 0 aliphatic heterocycles. The molecule has 8 heteroatoms. The molecule has 0 N–H and O–H groups in total. The van der Waals surface area contributed by atoms with Gasteiger partial charge >= 0.3 is 6.36 Å². The van der Waals surface area contributed by atoms with E-state index in [1.165, 1.54) is 0 Å². The zero-order valence-electron chi connectivity index (χ0n) is 20.9. The predicted molar refractivity (Wildman–Crippen MR) is 135 cm³/mol. The largest absolute Gasteiger partial charge is 0.573 e. The molecule has 36 heavy (non-hydrogen) atoms. The quantitative estimate of drug-likeness (QED) is 0.194. The van der Waals surface area contributed by atoms with Gasteiger partial charge in [-0.2, -0.15) is 0 Å². The molecule has 0 aromatic heterocycles. The summed E-state index contributed by atoms with van der Waals surface area (Å²) in [6.07, 6.45) is -5.03. The molecule has 3 rings (SSSR count). The van der Waals surface area contributed by atoms with Crippen molar-refractivity contribution in [2.75, 3.05) is 6.61 Å². The third kappa shape index (κ3) is 5.87. The molecular weight excluding hydrogens is 488 g/mol. The standard InChI is InChI=1S/C28H30F4O3Si/c1-26(2,3)36(21-12-8-6-9-13-21,22-14-10-7-11-15-22)34-19-27(4,5)25(33)20-16-17-24(23(29)18-20)35-28(30,31)32/h6-18H,19H2,1-5H3. The van der Waals surface area contributed by atoms with E-state index in [2.05, 4.69) is 25.5 Å². The number of benzene rings is 3. The Kier molecular flexibility index (Phi) is 7.81. The molecule has 0 bridgehead atoms. The topological polar surface area (TPSA) is 35.5 Å². The first-order valence-electron chi connectivity index (χ1n) is 11.5. The van der Waals surface area contributed by atoms with Crippen LogP contribution in [0.4, 0.5) is 17.6 Å². The summed E-state index contributed by atoms with van der Waals surface area (Å²) < 4.78 is 62.3. The average molecular weight is 519 g/mol. The number of ketones is 1. The molecule has 0 saturated carbocycles. The first-order chi connectivity index (χ1) is 16.7. The molecule has 3 aromatic carbocycles. The van der Waals surface area contributed by atoms with Crippen LogP contribution in [-0.4, -0.2) is 27.1 Å². The van der Waals surface area contributed by atoms with Crippen molar-refractivity contribution in [1.29, 1.82) is 0 Å². The first-order valence-corrected chi connectivity index (χ1v) is 13.4. The maximum atomic E-state index is 14.3. The first kappa shape index (κ1) is 27.6. The molecule has 0 aliphatic carbocycles. The van der Waals surface area contributed by atoms with Gasteiger partial charge in [-0.05, 0) is 33.6 Å². The predicted octanol–water partition coefficient (Wildman–Crippen LogP) is 6.51. The van der Waals surface area contributed by atoms with E-state index in [0.29, 0.717) is 0 Å². The van der Waals surface area contributed by atoms with Crippen molar-refractivity contribution >= 4 is 24.5 Å². The van der Waals surface area contributed by atoms with Crippen molar-refractivity contribution in [3.05, 3.63) is 90.2 Å². The number of Topliss-reactive ketones (excluding diaryl/α,β-unsaturated/α-hetero) is 1. The molecule has 0 atom stereocenters. The molecule has 0 radical (unpaired) electrons. The zero-order valence-corrected chi connectivity index (χ0v) is 21.9. The van der Waals surface area contributed by atoms with Crippen LogP contribution in [0.2, 0.25) is 5.04 Å². The Labute approximate surface area is 210 Å². The lowest BCUT2D eigenvalue weighted by atomic mass is 9.85. The summed E-state index contributed by atoms with van der Waals surface area (Å²) in [5, 5.41) is 1.79. The molecule has 3 nitrogen and oxygen atoms in total. The molecule has 0 heterocycles. The van der Waals surface area contributed by atoms with E-state index in [1.54, 1.807) is 13.8 Å². The highest BCUT2D eigenvalue weighted by molar-refractivity contribution is 6.99. The maximum absolute atomic E-state index is 14.3. The fourth-order valence-corrected chi connectivity index (χ4v) is 9.09. The van der Waals surface area contributed by atoms with Crippen molar-refractivity contribution in [3.8, 4) is 5.75 Å². The van der Waals surface area contributed by atoms with Gasteiger partial charge in [0.15, 0.2) is 17.3 Å². The van der Waals surface area contributed by atoms with E-state index < -0.39 is 37.4 Å². The van der Waals surface area contributed by atoms with Gasteiger partial charge in [0.25, 0.3) is 8.32 Å². The lowest BCUT2D eigenvalue weighted by Crippen LogP contribution is -2.67. The highest BCUT2D eigenvalue weighted by atomic mass is 28.4. The summed E-state index contributed by atoms with van der Waals surface area (Å²) in [7, 11) is -2.92. The Morgan fingerprint density at radius 3 is 1.72 bits per heavy atom. The van der Waals surface area contributed by atoms with Crippen LogP contribution in [-0.2, 0) is 4.43 Å². The van der Waals surface area contributed by atoms with Gasteiger partial charge in [0.05, 0.1) is 5.41 Å². The molecule has 3 aromatic rings. The molecular formula is C28H30F4O3Si. The second kappa shape index (κ2) is 10.2. The van der Waals surface area contributed by atoms with Gasteiger partial charge in [0.1, 0.15) is 0 Å². The van der Waals surface area contributed by atoms with E-state index in [-0.39, 0.29) is 17.2 Å². The lowest BCUT2D eigenvalue weighted by Gasteiger charge is -2.44. The number of hydrogen-bond acceptors (Lipinski definition) is 3. The average Bonchev–Trinajstić information content (AvgIpc) is 2.80. The van der Waals surface area contributed by atoms with Crippen LogP contribution >= 0.6 is 0 Å². The number of rotatable bonds is 8. The highest BCUT2D eigenvalue weighted by Crippen LogP contribution is 2.38. The van der Waals surface area contributed by atoms with Crippen LogP contribution in [0, 0.1) is 11.2 Å². The summed E-state index contributed by atoms with van der Waals surface area (Å²) in [6, 6.07) is 22.6. The van der Waals surface area contributed by atoms with Crippen molar-refractivity contribution in [1.82, 2.24) is 0 Å². The van der Waals surface area contributed by atoms with Gasteiger partial charge in [-0.1, -0.05) is 95.3 Å². The number of halogens is 4. The molecule has 0 fully saturated rings. The molecule has 0 unspecified atom stereocenters. The fourth-order valence-electron chi connectivity index (χ4n) is 4.36. The summed E-state index contributed by atoms with van der Waals surface area (Å²) in [5.41, 5.74) is -1.15. The van der Waals surface area contributed by atoms with Crippen molar-refractivity contribution in [2.45, 2.75) is 46.0 Å². The highest BCUT2D eigenvalue weighted by Gasteiger charge is 2.51. The molecule has 0 aliphatic rings. The van der Waals surface area contributed by atoms with Gasteiger partial charge < -0.3 is 9.16 Å². The second-order valence-corrected chi connectivity index (χ2v) is 14.7. The maximum Gasteiger partial charge on any atom is 0.573 e. The van der Waals surface area contributed by atoms with Gasteiger partial charge in [-0.3, -0.25) is 4.79 Å². The van der Waals surface area contributed by atoms with Crippen LogP contribution in [0.15, 0.2) is 78.9 Å². The number of alkyl halides is 3. The zero-order chi connectivity index (χ0) is 26.8. The smallest absolute Gasteiger partial charge is 0.406 e. The minimum atomic E-state index is -5.03. The Hall–Kier alpha value is -2.97. The van der Waals surface area contributed by atoms with Crippen molar-refractivity contribution in [2.24, 2.45) is 5.41 Å². The minimum absolute atomic E-state index is 0.0293. The third-order valence-electron chi connectivity index (χ3n) is 6.10. The van der Waals surface area contributed by atoms with E-state index in [9.17, 15) is 22.4 Å². The number of hydrogen-bond donors (Lipinski definition) is 0. The monoisotopic (exact) mass is 518 g/mol. The molecule has 0 spiro atoms. The second-order valence-electron chi connectivity index (χ2n) is 10.4. The normalized spacial score (nSPS) is 12.9. The van der Waals surface area contributed by atoms with Crippen LogP contribution in [0.25, 0.3) is 0 Å². The number of ether oxygens (including phenoxy) is 1. The van der Waals surface area contributed by atoms with E-state index in [0.717, 1.165) is 28.6 Å². The van der Waals surface area contributed by atoms with E-state index in [1.807, 2.05) is 60.7 Å². The fraction of sp³-hybridized carbons (Fsp3) is 0.321. The number of carbonyl (C=O) groups excluding carboxylic acids is 1. The Balaban J connectivity index is 1.97. The molecule has 0 amide bonds. The third-order valence-corrected chi connectivity index (χ3v) is 11.1. The summed E-state index contributed by atoms with van der Waals surface area (Å²) in [6.45, 7) is 9.74. The van der Waals surface area contributed by atoms with Gasteiger partial charge in [-0.25, -0.2) is 4.39 Å². The molecule has 0 saturated heterocycles. The SMILES string of the molecule is CC(C)(CO[Si](c1ccccc1)(c1ccccc1)C(C)(C)C)C(=O)c1ccc(OC(F)(F)F)c(F)c1. The van der Waals surface area contributed by atoms with Crippen LogP contribution in [0.3, 0.4) is 0 Å². The lowest BCUT2D eigenvalue weighted by molar-refractivity contribution is -0.275. The van der Waals surface area contributed by atoms with Gasteiger partial charge in [-0.15, -0.1) is 13.2 Å². The summed E-state index contributed by atoms with van der Waals surface area (Å²) in [5.74, 6) is -2.69. The van der Waals surface area contributed by atoms with Crippen molar-refractivity contribution < 1.29 is 31.5 Å². The van der Waals surface area contributed by atoms with Crippen molar-refractivity contribution in [3.63, 3.8) is 0 Å². The van der Waals surface area contributed by atoms with Crippen LogP contribution in [0.1, 0.15) is 45.0 Å².